The number of anilines is 1. The lowest BCUT2D eigenvalue weighted by Gasteiger charge is -2.16. The average Bonchev–Trinajstić information content (AvgIpc) is 2.43. The van der Waals surface area contributed by atoms with Crippen molar-refractivity contribution in [3.63, 3.8) is 0 Å². The minimum atomic E-state index is -1.17. The maximum atomic E-state index is 13.6. The van der Waals surface area contributed by atoms with E-state index in [0.717, 1.165) is 6.07 Å². The molecule has 0 aliphatic carbocycles. The lowest BCUT2D eigenvalue weighted by atomic mass is 10.1. The van der Waals surface area contributed by atoms with Crippen LogP contribution < -0.4 is 11.1 Å². The summed E-state index contributed by atoms with van der Waals surface area (Å²) in [6, 6.07) is 6.75. The smallest absolute Gasteiger partial charge is 0.253 e. The summed E-state index contributed by atoms with van der Waals surface area (Å²) in [7, 11) is 0. The van der Waals surface area contributed by atoms with Gasteiger partial charge < -0.3 is 11.1 Å². The van der Waals surface area contributed by atoms with Gasteiger partial charge in [0.05, 0.1) is 11.6 Å². The normalized spacial score (nSPS) is 12.0. The van der Waals surface area contributed by atoms with E-state index in [2.05, 4.69) is 5.32 Å². The third-order valence-electron chi connectivity index (χ3n) is 3.06. The van der Waals surface area contributed by atoms with E-state index >= 15 is 0 Å². The highest BCUT2D eigenvalue weighted by molar-refractivity contribution is 5.99. The summed E-state index contributed by atoms with van der Waals surface area (Å²) < 4.78 is 39.7. The predicted octanol–water partition coefficient (Wildman–Crippen LogP) is 3.18. The Balaban J connectivity index is 2.22. The molecule has 21 heavy (non-hydrogen) atoms. The summed E-state index contributed by atoms with van der Waals surface area (Å²) in [5, 5.41) is 2.49. The van der Waals surface area contributed by atoms with Gasteiger partial charge in [0.1, 0.15) is 5.82 Å². The van der Waals surface area contributed by atoms with Crippen LogP contribution in [0.2, 0.25) is 0 Å². The van der Waals surface area contributed by atoms with Crippen molar-refractivity contribution >= 4 is 11.6 Å². The average molecular weight is 294 g/mol. The Morgan fingerprint density at radius 2 is 1.71 bits per heavy atom. The number of halogens is 3. The van der Waals surface area contributed by atoms with Gasteiger partial charge in [0, 0.05) is 17.3 Å². The zero-order chi connectivity index (χ0) is 15.6. The van der Waals surface area contributed by atoms with Crippen LogP contribution in [0.1, 0.15) is 28.9 Å². The van der Waals surface area contributed by atoms with Crippen molar-refractivity contribution < 1.29 is 18.0 Å². The topological polar surface area (TPSA) is 55.1 Å². The molecule has 2 aromatic carbocycles. The minimum Gasteiger partial charge on any atom is -0.398 e. The Morgan fingerprint density at radius 3 is 2.38 bits per heavy atom. The zero-order valence-corrected chi connectivity index (χ0v) is 11.2. The van der Waals surface area contributed by atoms with Gasteiger partial charge in [0.15, 0.2) is 11.6 Å². The molecule has 3 nitrogen and oxygen atoms in total. The molecule has 0 aliphatic rings. The highest BCUT2D eigenvalue weighted by Crippen LogP contribution is 2.20. The monoisotopic (exact) mass is 294 g/mol. The van der Waals surface area contributed by atoms with Gasteiger partial charge in [0.2, 0.25) is 0 Å². The third-order valence-corrected chi connectivity index (χ3v) is 3.06. The van der Waals surface area contributed by atoms with Crippen LogP contribution in [-0.2, 0) is 0 Å². The highest BCUT2D eigenvalue weighted by atomic mass is 19.2. The molecule has 0 radical (unpaired) electrons. The fourth-order valence-corrected chi connectivity index (χ4v) is 1.94. The van der Waals surface area contributed by atoms with E-state index in [4.69, 9.17) is 5.73 Å². The number of nitrogens with one attached hydrogen (secondary N) is 1. The van der Waals surface area contributed by atoms with Gasteiger partial charge in [0.25, 0.3) is 5.91 Å². The first-order chi connectivity index (χ1) is 9.90. The number of carbonyl (C=O) groups excluding carboxylic acids is 1. The first kappa shape index (κ1) is 14.9. The van der Waals surface area contributed by atoms with Gasteiger partial charge in [-0.2, -0.15) is 0 Å². The SMILES string of the molecule is CC(NC(=O)c1cc(F)c(F)cc1N)c1ccccc1F. The molecule has 2 rings (SSSR count). The zero-order valence-electron chi connectivity index (χ0n) is 11.2. The van der Waals surface area contributed by atoms with E-state index in [-0.39, 0.29) is 16.8 Å². The van der Waals surface area contributed by atoms with Gasteiger partial charge in [-0.1, -0.05) is 18.2 Å². The van der Waals surface area contributed by atoms with Crippen LogP contribution in [0.25, 0.3) is 0 Å². The van der Waals surface area contributed by atoms with Gasteiger partial charge in [-0.25, -0.2) is 13.2 Å². The Hall–Kier alpha value is -2.50. The second-order valence-electron chi connectivity index (χ2n) is 4.57. The van der Waals surface area contributed by atoms with Gasteiger partial charge in [-0.05, 0) is 19.1 Å². The van der Waals surface area contributed by atoms with Crippen molar-refractivity contribution in [1.29, 1.82) is 0 Å². The highest BCUT2D eigenvalue weighted by Gasteiger charge is 2.18. The Kier molecular flexibility index (Phi) is 4.16. The number of nitrogens with two attached hydrogens (primary N) is 1. The molecule has 1 unspecified atom stereocenters. The van der Waals surface area contributed by atoms with E-state index in [9.17, 15) is 18.0 Å². The molecule has 110 valence electrons. The van der Waals surface area contributed by atoms with Crippen LogP contribution in [0.5, 0.6) is 0 Å². The van der Waals surface area contributed by atoms with Crippen molar-refractivity contribution in [2.45, 2.75) is 13.0 Å². The van der Waals surface area contributed by atoms with Crippen molar-refractivity contribution in [2.24, 2.45) is 0 Å². The van der Waals surface area contributed by atoms with Crippen LogP contribution in [0.15, 0.2) is 36.4 Å². The van der Waals surface area contributed by atoms with E-state index in [1.54, 1.807) is 13.0 Å². The van der Waals surface area contributed by atoms with Crippen LogP contribution in [0.4, 0.5) is 18.9 Å². The molecule has 0 bridgehead atoms. The molecule has 2 aromatic rings. The standard InChI is InChI=1S/C15H13F3N2O/c1-8(9-4-2-3-5-11(9)16)20-15(21)10-6-12(17)13(18)7-14(10)19/h2-8H,19H2,1H3,(H,20,21). The lowest BCUT2D eigenvalue weighted by Crippen LogP contribution is -2.28. The summed E-state index contributed by atoms with van der Waals surface area (Å²) in [6.07, 6.45) is 0. The quantitative estimate of drug-likeness (QED) is 0.854. The molecular weight excluding hydrogens is 281 g/mol. The summed E-state index contributed by atoms with van der Waals surface area (Å²) in [5.41, 5.74) is 5.39. The predicted molar refractivity (Wildman–Crippen MR) is 73.1 cm³/mol. The molecular formula is C15H13F3N2O. The number of benzene rings is 2. The molecule has 0 spiro atoms. The molecule has 0 aliphatic heterocycles. The number of hydrogen-bond acceptors (Lipinski definition) is 2. The summed E-state index contributed by atoms with van der Waals surface area (Å²) in [4.78, 5) is 12.0. The van der Waals surface area contributed by atoms with Crippen LogP contribution >= 0.6 is 0 Å². The number of carbonyl (C=O) groups is 1. The van der Waals surface area contributed by atoms with Crippen molar-refractivity contribution in [3.8, 4) is 0 Å². The molecule has 1 atom stereocenters. The molecule has 0 fully saturated rings. The second-order valence-corrected chi connectivity index (χ2v) is 4.57. The largest absolute Gasteiger partial charge is 0.398 e. The van der Waals surface area contributed by atoms with Gasteiger partial charge in [-0.3, -0.25) is 4.79 Å². The van der Waals surface area contributed by atoms with Crippen molar-refractivity contribution in [2.75, 3.05) is 5.73 Å². The van der Waals surface area contributed by atoms with Gasteiger partial charge in [-0.15, -0.1) is 0 Å². The second kappa shape index (κ2) is 5.87. The molecule has 0 saturated heterocycles. The molecule has 6 heteroatoms. The molecule has 1 amide bonds. The van der Waals surface area contributed by atoms with Gasteiger partial charge >= 0.3 is 0 Å². The maximum absolute atomic E-state index is 13.6. The van der Waals surface area contributed by atoms with Crippen molar-refractivity contribution in [1.82, 2.24) is 5.32 Å². The van der Waals surface area contributed by atoms with E-state index in [0.29, 0.717) is 6.07 Å². The molecule has 0 heterocycles. The number of hydrogen-bond donors (Lipinski definition) is 2. The van der Waals surface area contributed by atoms with E-state index in [1.807, 2.05) is 0 Å². The Morgan fingerprint density at radius 1 is 1.10 bits per heavy atom. The van der Waals surface area contributed by atoms with E-state index < -0.39 is 29.4 Å². The summed E-state index contributed by atoms with van der Waals surface area (Å²) in [6.45, 7) is 1.58. The Labute approximate surface area is 119 Å². The summed E-state index contributed by atoms with van der Waals surface area (Å²) in [5.74, 6) is -3.48. The van der Waals surface area contributed by atoms with Crippen LogP contribution in [0, 0.1) is 17.5 Å². The van der Waals surface area contributed by atoms with Crippen molar-refractivity contribution in [3.05, 3.63) is 65.0 Å². The fraction of sp³-hybridized carbons (Fsp3) is 0.133. The lowest BCUT2D eigenvalue weighted by molar-refractivity contribution is 0.0939. The first-order valence-corrected chi connectivity index (χ1v) is 6.20. The third kappa shape index (κ3) is 3.16. The van der Waals surface area contributed by atoms with Crippen LogP contribution in [-0.4, -0.2) is 5.91 Å². The number of nitrogen functional groups attached to an aromatic ring is 1. The fourth-order valence-electron chi connectivity index (χ4n) is 1.94. The number of rotatable bonds is 3. The van der Waals surface area contributed by atoms with E-state index in [1.165, 1.54) is 18.2 Å². The summed E-state index contributed by atoms with van der Waals surface area (Å²) >= 11 is 0. The molecule has 0 saturated carbocycles. The minimum absolute atomic E-state index is 0.188. The molecule has 0 aromatic heterocycles. The molecule has 3 N–H and O–H groups in total. The number of amides is 1. The maximum Gasteiger partial charge on any atom is 0.253 e. The van der Waals surface area contributed by atoms with Crippen LogP contribution in [0.3, 0.4) is 0 Å². The first-order valence-electron chi connectivity index (χ1n) is 6.20. The Bertz CT molecular complexity index is 689.